The molecule has 31 heavy (non-hydrogen) atoms. The second-order valence-corrected chi connectivity index (χ2v) is 7.54. The van der Waals surface area contributed by atoms with Crippen molar-refractivity contribution in [3.8, 4) is 5.69 Å². The summed E-state index contributed by atoms with van der Waals surface area (Å²) in [6.07, 6.45) is 4.07. The van der Waals surface area contributed by atoms with Gasteiger partial charge in [0.05, 0.1) is 5.69 Å². The number of nitrogens with zero attached hydrogens (tertiary/aromatic N) is 4. The number of rotatable bonds is 7. The van der Waals surface area contributed by atoms with Gasteiger partial charge in [-0.25, -0.2) is 4.39 Å². The summed E-state index contributed by atoms with van der Waals surface area (Å²) in [4.78, 5) is 25.1. The van der Waals surface area contributed by atoms with Gasteiger partial charge >= 0.3 is 5.56 Å². The van der Waals surface area contributed by atoms with E-state index in [2.05, 4.69) is 15.5 Å². The zero-order valence-corrected chi connectivity index (χ0v) is 17.0. The number of amides is 1. The van der Waals surface area contributed by atoms with Gasteiger partial charge in [-0.15, -0.1) is 10.2 Å². The number of benzene rings is 2. The topological polar surface area (TPSA) is 81.3 Å². The number of carbonyl (C=O) groups excluding carboxylic acids is 1. The molecule has 0 aliphatic heterocycles. The van der Waals surface area contributed by atoms with Crippen molar-refractivity contribution in [2.45, 2.75) is 26.3 Å². The third kappa shape index (κ3) is 4.69. The summed E-state index contributed by atoms with van der Waals surface area (Å²) in [5.74, 6) is 0.139. The molecule has 0 radical (unpaired) electrons. The van der Waals surface area contributed by atoms with Crippen molar-refractivity contribution in [2.24, 2.45) is 5.92 Å². The Morgan fingerprint density at radius 2 is 1.90 bits per heavy atom. The number of aromatic nitrogens is 4. The largest absolute Gasteiger partial charge is 0.352 e. The number of hydrogen-bond donors (Lipinski definition) is 1. The first-order valence-electron chi connectivity index (χ1n) is 10.0. The summed E-state index contributed by atoms with van der Waals surface area (Å²) in [5.41, 5.74) is 1.23. The van der Waals surface area contributed by atoms with Gasteiger partial charge in [0.2, 0.25) is 11.6 Å². The summed E-state index contributed by atoms with van der Waals surface area (Å²) in [5, 5.41) is 11.1. The minimum absolute atomic E-state index is 0.00817. The van der Waals surface area contributed by atoms with Crippen LogP contribution in [0.25, 0.3) is 11.3 Å². The first-order valence-corrected chi connectivity index (χ1v) is 10.0. The molecule has 1 atom stereocenters. The van der Waals surface area contributed by atoms with Crippen molar-refractivity contribution in [3.63, 3.8) is 0 Å². The van der Waals surface area contributed by atoms with Gasteiger partial charge in [0.1, 0.15) is 11.6 Å². The second-order valence-electron chi connectivity index (χ2n) is 7.54. The fourth-order valence-electron chi connectivity index (χ4n) is 3.47. The standard InChI is InChI=1S/C23H22FN5O2/c1-16(13-21(30)25-15-17-6-3-2-4-7-17)12-20-26-27-22-23(31)28(10-11-29(20)22)19-9-5-8-18(24)14-19/h2-11,14,16H,12-13,15H2,1H3,(H,25,30)/t16-/m0/s1. The third-order valence-corrected chi connectivity index (χ3v) is 5.03. The molecule has 0 fully saturated rings. The smallest absolute Gasteiger partial charge is 0.300 e. The molecule has 4 aromatic rings. The molecule has 158 valence electrons. The van der Waals surface area contributed by atoms with Crippen LogP contribution in [0.1, 0.15) is 24.7 Å². The highest BCUT2D eigenvalue weighted by molar-refractivity contribution is 5.76. The van der Waals surface area contributed by atoms with Gasteiger partial charge in [-0.05, 0) is 29.7 Å². The highest BCUT2D eigenvalue weighted by Crippen LogP contribution is 2.13. The lowest BCUT2D eigenvalue weighted by Gasteiger charge is -2.11. The van der Waals surface area contributed by atoms with Crippen LogP contribution in [-0.4, -0.2) is 25.1 Å². The van der Waals surface area contributed by atoms with Gasteiger partial charge in [-0.2, -0.15) is 0 Å². The number of hydrogen-bond acceptors (Lipinski definition) is 4. The maximum Gasteiger partial charge on any atom is 0.300 e. The predicted octanol–water partition coefficient (Wildman–Crippen LogP) is 2.90. The van der Waals surface area contributed by atoms with Crippen molar-refractivity contribution < 1.29 is 9.18 Å². The van der Waals surface area contributed by atoms with Crippen molar-refractivity contribution >= 4 is 11.6 Å². The molecule has 2 heterocycles. The first-order chi connectivity index (χ1) is 15.0. The van der Waals surface area contributed by atoms with Crippen LogP contribution in [0.4, 0.5) is 4.39 Å². The Balaban J connectivity index is 1.44. The molecule has 7 nitrogen and oxygen atoms in total. The second kappa shape index (κ2) is 8.91. The molecule has 2 aromatic heterocycles. The van der Waals surface area contributed by atoms with E-state index in [4.69, 9.17) is 0 Å². The minimum atomic E-state index is -0.425. The number of carbonyl (C=O) groups is 1. The van der Waals surface area contributed by atoms with E-state index in [1.165, 1.54) is 16.7 Å². The number of halogens is 1. The lowest BCUT2D eigenvalue weighted by Crippen LogP contribution is -2.25. The van der Waals surface area contributed by atoms with Gasteiger partial charge in [0.15, 0.2) is 0 Å². The SMILES string of the molecule is C[C@H](CC(=O)NCc1ccccc1)Cc1nnc2c(=O)n(-c3cccc(F)c3)ccn12. The Labute approximate surface area is 178 Å². The van der Waals surface area contributed by atoms with E-state index in [0.29, 0.717) is 30.9 Å². The third-order valence-electron chi connectivity index (χ3n) is 5.03. The maximum absolute atomic E-state index is 13.5. The zero-order chi connectivity index (χ0) is 21.8. The summed E-state index contributed by atoms with van der Waals surface area (Å²) < 4.78 is 16.5. The first kappa shape index (κ1) is 20.5. The van der Waals surface area contributed by atoms with E-state index in [9.17, 15) is 14.0 Å². The van der Waals surface area contributed by atoms with Gasteiger partial charge < -0.3 is 5.32 Å². The van der Waals surface area contributed by atoms with Crippen LogP contribution in [0.15, 0.2) is 71.8 Å². The molecule has 0 unspecified atom stereocenters. The average Bonchev–Trinajstić information content (AvgIpc) is 3.16. The molecule has 0 aliphatic carbocycles. The lowest BCUT2D eigenvalue weighted by molar-refractivity contribution is -0.122. The molecule has 8 heteroatoms. The Morgan fingerprint density at radius 1 is 1.10 bits per heavy atom. The Bertz CT molecular complexity index is 1270. The number of fused-ring (bicyclic) bond motifs is 1. The minimum Gasteiger partial charge on any atom is -0.352 e. The average molecular weight is 419 g/mol. The molecule has 1 N–H and O–H groups in total. The van der Waals surface area contributed by atoms with E-state index in [1.807, 2.05) is 37.3 Å². The highest BCUT2D eigenvalue weighted by atomic mass is 19.1. The highest BCUT2D eigenvalue weighted by Gasteiger charge is 2.16. The van der Waals surface area contributed by atoms with Crippen LogP contribution in [0.3, 0.4) is 0 Å². The van der Waals surface area contributed by atoms with Gasteiger partial charge in [-0.3, -0.25) is 18.6 Å². The van der Waals surface area contributed by atoms with Crippen LogP contribution in [0.5, 0.6) is 0 Å². The molecule has 0 aliphatic rings. The summed E-state index contributed by atoms with van der Waals surface area (Å²) in [6, 6.07) is 15.5. The Hall–Kier alpha value is -3.81. The summed E-state index contributed by atoms with van der Waals surface area (Å²) in [6.45, 7) is 2.44. The van der Waals surface area contributed by atoms with Crippen molar-refractivity contribution in [1.29, 1.82) is 0 Å². The zero-order valence-electron chi connectivity index (χ0n) is 17.0. The molecule has 0 saturated carbocycles. The molecule has 0 spiro atoms. The molecule has 1 amide bonds. The monoisotopic (exact) mass is 419 g/mol. The summed E-state index contributed by atoms with van der Waals surface area (Å²) >= 11 is 0. The van der Waals surface area contributed by atoms with Crippen molar-refractivity contribution in [2.75, 3.05) is 0 Å². The van der Waals surface area contributed by atoms with E-state index >= 15 is 0 Å². The van der Waals surface area contributed by atoms with Gasteiger partial charge in [0, 0.05) is 31.8 Å². The van der Waals surface area contributed by atoms with E-state index in [-0.39, 0.29) is 23.0 Å². The van der Waals surface area contributed by atoms with Crippen molar-refractivity contribution in [3.05, 3.63) is 94.5 Å². The van der Waals surface area contributed by atoms with E-state index < -0.39 is 5.82 Å². The fourth-order valence-corrected chi connectivity index (χ4v) is 3.47. The predicted molar refractivity (Wildman–Crippen MR) is 114 cm³/mol. The van der Waals surface area contributed by atoms with Crippen LogP contribution in [0.2, 0.25) is 0 Å². The Morgan fingerprint density at radius 3 is 2.68 bits per heavy atom. The van der Waals surface area contributed by atoms with E-state index in [0.717, 1.165) is 5.56 Å². The van der Waals surface area contributed by atoms with Crippen LogP contribution in [-0.2, 0) is 17.8 Å². The molecule has 0 bridgehead atoms. The molecule has 0 saturated heterocycles. The number of nitrogens with one attached hydrogen (secondary N) is 1. The van der Waals surface area contributed by atoms with Gasteiger partial charge in [-0.1, -0.05) is 43.3 Å². The van der Waals surface area contributed by atoms with Crippen LogP contribution >= 0.6 is 0 Å². The summed E-state index contributed by atoms with van der Waals surface area (Å²) in [7, 11) is 0. The molecular weight excluding hydrogens is 397 g/mol. The van der Waals surface area contributed by atoms with Crippen LogP contribution < -0.4 is 10.9 Å². The molecule has 4 rings (SSSR count). The molecule has 2 aromatic carbocycles. The normalized spacial score (nSPS) is 12.1. The molecular formula is C23H22FN5O2. The maximum atomic E-state index is 13.5. The van der Waals surface area contributed by atoms with Gasteiger partial charge in [0.25, 0.3) is 0 Å². The van der Waals surface area contributed by atoms with Crippen molar-refractivity contribution in [1.82, 2.24) is 24.5 Å². The quantitative estimate of drug-likeness (QED) is 0.499. The van der Waals surface area contributed by atoms with E-state index in [1.54, 1.807) is 28.9 Å². The van der Waals surface area contributed by atoms with Crippen LogP contribution in [0, 0.1) is 11.7 Å². The Kier molecular flexibility index (Phi) is 5.88. The lowest BCUT2D eigenvalue weighted by atomic mass is 10.0. The fraction of sp³-hybridized carbons (Fsp3) is 0.217.